The molecule has 1 aliphatic heterocycles. The normalized spacial score (nSPS) is 16.6. The second-order valence-electron chi connectivity index (χ2n) is 10.2. The van der Waals surface area contributed by atoms with Gasteiger partial charge in [-0.05, 0) is 59.1 Å². The molecular formula is C26H35N5O3S2. The fraction of sp³-hybridized carbons (Fsp3) is 0.538. The van der Waals surface area contributed by atoms with Crippen molar-refractivity contribution >= 4 is 49.9 Å². The number of thiophene rings is 1. The standard InChI is InChI=1S/C26H35N5O3S2/c1-7-15(2)28-12-9-20(32)30-24-21(23-29-18-14-27-11-8-19(18)35-23)17-10-13-31(16(3)22(17)36-24)25(33)34-26(4,5)6/h8,11,14-16,28H,7,9-10,12-13H2,1-6H3,(H,30,32)/t15-,16-/m0/s1. The van der Waals surface area contributed by atoms with Gasteiger partial charge < -0.3 is 20.3 Å². The molecule has 0 unspecified atom stereocenters. The van der Waals surface area contributed by atoms with Crippen molar-refractivity contribution in [3.8, 4) is 10.6 Å². The number of thiazole rings is 1. The van der Waals surface area contributed by atoms with Gasteiger partial charge in [0.1, 0.15) is 21.1 Å². The summed E-state index contributed by atoms with van der Waals surface area (Å²) in [7, 11) is 0. The number of nitrogens with one attached hydrogen (secondary N) is 2. The molecule has 0 aromatic carbocycles. The minimum absolute atomic E-state index is 0.0370. The predicted octanol–water partition coefficient (Wildman–Crippen LogP) is 5.99. The van der Waals surface area contributed by atoms with Crippen molar-refractivity contribution in [1.82, 2.24) is 20.2 Å². The van der Waals surface area contributed by atoms with Gasteiger partial charge in [-0.25, -0.2) is 9.78 Å². The molecular weight excluding hydrogens is 494 g/mol. The van der Waals surface area contributed by atoms with Crippen molar-refractivity contribution < 1.29 is 14.3 Å². The van der Waals surface area contributed by atoms with Gasteiger partial charge in [0.05, 0.1) is 16.9 Å². The molecule has 0 saturated heterocycles. The first-order chi connectivity index (χ1) is 17.1. The van der Waals surface area contributed by atoms with E-state index in [1.807, 2.05) is 33.8 Å². The monoisotopic (exact) mass is 529 g/mol. The number of rotatable bonds is 7. The first-order valence-corrected chi connectivity index (χ1v) is 14.1. The van der Waals surface area contributed by atoms with E-state index in [4.69, 9.17) is 9.72 Å². The average molecular weight is 530 g/mol. The third-order valence-electron chi connectivity index (χ3n) is 6.23. The summed E-state index contributed by atoms with van der Waals surface area (Å²) < 4.78 is 6.71. The Labute approximate surface area is 220 Å². The first-order valence-electron chi connectivity index (χ1n) is 12.5. The van der Waals surface area contributed by atoms with Gasteiger partial charge in [-0.2, -0.15) is 0 Å². The minimum atomic E-state index is -0.560. The van der Waals surface area contributed by atoms with Crippen molar-refractivity contribution in [2.75, 3.05) is 18.4 Å². The number of amides is 2. The van der Waals surface area contributed by atoms with E-state index in [1.54, 1.807) is 28.6 Å². The van der Waals surface area contributed by atoms with Crippen LogP contribution in [0, 0.1) is 0 Å². The van der Waals surface area contributed by atoms with Gasteiger partial charge in [0, 0.05) is 42.2 Å². The van der Waals surface area contributed by atoms with Crippen LogP contribution in [0.3, 0.4) is 0 Å². The fourth-order valence-electron chi connectivity index (χ4n) is 4.17. The molecule has 0 radical (unpaired) electrons. The smallest absolute Gasteiger partial charge is 0.410 e. The summed E-state index contributed by atoms with van der Waals surface area (Å²) in [5.41, 5.74) is 2.39. The van der Waals surface area contributed by atoms with E-state index in [1.165, 1.54) is 11.3 Å². The zero-order valence-electron chi connectivity index (χ0n) is 21.8. The molecule has 2 atom stereocenters. The largest absolute Gasteiger partial charge is 0.444 e. The SMILES string of the molecule is CC[C@H](C)NCCC(=O)Nc1sc2c(c1-c1nc3cnccc3s1)CCN(C(=O)OC(C)(C)C)[C@H]2C. The number of fused-ring (bicyclic) bond motifs is 2. The Morgan fingerprint density at radius 1 is 1.31 bits per heavy atom. The van der Waals surface area contributed by atoms with Crippen LogP contribution in [0.5, 0.6) is 0 Å². The highest BCUT2D eigenvalue weighted by molar-refractivity contribution is 7.23. The lowest BCUT2D eigenvalue weighted by Crippen LogP contribution is -2.41. The van der Waals surface area contributed by atoms with Gasteiger partial charge in [-0.1, -0.05) is 6.92 Å². The Morgan fingerprint density at radius 3 is 2.78 bits per heavy atom. The van der Waals surface area contributed by atoms with Crippen LogP contribution in [-0.4, -0.2) is 51.6 Å². The first kappa shape index (κ1) is 26.5. The second-order valence-corrected chi connectivity index (χ2v) is 12.3. The fourth-order valence-corrected chi connectivity index (χ4v) is 6.58. The van der Waals surface area contributed by atoms with E-state index >= 15 is 0 Å². The molecule has 1 aliphatic rings. The van der Waals surface area contributed by atoms with E-state index in [2.05, 4.69) is 29.5 Å². The molecule has 3 aromatic heterocycles. The maximum atomic E-state index is 12.9. The van der Waals surface area contributed by atoms with E-state index in [0.717, 1.165) is 42.7 Å². The Balaban J connectivity index is 1.66. The third-order valence-corrected chi connectivity index (χ3v) is 8.60. The Hall–Kier alpha value is -2.56. The number of pyridine rings is 1. The molecule has 2 N–H and O–H groups in total. The van der Waals surface area contributed by atoms with Crippen molar-refractivity contribution in [2.24, 2.45) is 0 Å². The van der Waals surface area contributed by atoms with Gasteiger partial charge in [-0.15, -0.1) is 22.7 Å². The van der Waals surface area contributed by atoms with Gasteiger partial charge in [-0.3, -0.25) is 9.78 Å². The van der Waals surface area contributed by atoms with Crippen LogP contribution in [-0.2, 0) is 16.0 Å². The minimum Gasteiger partial charge on any atom is -0.444 e. The highest BCUT2D eigenvalue weighted by Gasteiger charge is 2.36. The van der Waals surface area contributed by atoms with Crippen LogP contribution in [0.1, 0.15) is 70.9 Å². The van der Waals surface area contributed by atoms with Crippen molar-refractivity contribution in [2.45, 2.75) is 78.5 Å². The number of hydrogen-bond donors (Lipinski definition) is 2. The molecule has 8 nitrogen and oxygen atoms in total. The molecule has 10 heteroatoms. The topological polar surface area (TPSA) is 96.5 Å². The van der Waals surface area contributed by atoms with Gasteiger partial charge in [0.15, 0.2) is 0 Å². The summed E-state index contributed by atoms with van der Waals surface area (Å²) in [5, 5.41) is 8.19. The van der Waals surface area contributed by atoms with Crippen molar-refractivity contribution in [3.05, 3.63) is 28.9 Å². The maximum absolute atomic E-state index is 12.9. The van der Waals surface area contributed by atoms with E-state index in [9.17, 15) is 9.59 Å². The second kappa shape index (κ2) is 10.8. The predicted molar refractivity (Wildman–Crippen MR) is 147 cm³/mol. The number of nitrogens with zero attached hydrogens (tertiary/aromatic N) is 3. The summed E-state index contributed by atoms with van der Waals surface area (Å²) >= 11 is 3.13. The number of hydrogen-bond acceptors (Lipinski definition) is 8. The van der Waals surface area contributed by atoms with Crippen LogP contribution in [0.25, 0.3) is 20.8 Å². The van der Waals surface area contributed by atoms with Crippen LogP contribution in [0.2, 0.25) is 0 Å². The summed E-state index contributed by atoms with van der Waals surface area (Å²) in [4.78, 5) is 37.7. The number of ether oxygens (including phenoxy) is 1. The summed E-state index contributed by atoms with van der Waals surface area (Å²) in [6.07, 6.45) is 5.28. The zero-order chi connectivity index (χ0) is 26.0. The lowest BCUT2D eigenvalue weighted by atomic mass is 9.98. The molecule has 4 heterocycles. The molecule has 0 spiro atoms. The zero-order valence-corrected chi connectivity index (χ0v) is 23.4. The highest BCUT2D eigenvalue weighted by Crippen LogP contribution is 2.48. The molecule has 0 aliphatic carbocycles. The van der Waals surface area contributed by atoms with Crippen LogP contribution < -0.4 is 10.6 Å². The molecule has 2 amide bonds. The molecule has 194 valence electrons. The molecule has 36 heavy (non-hydrogen) atoms. The van der Waals surface area contributed by atoms with Gasteiger partial charge >= 0.3 is 6.09 Å². The molecule has 0 saturated carbocycles. The number of anilines is 1. The Kier molecular flexibility index (Phi) is 7.96. The van der Waals surface area contributed by atoms with Crippen molar-refractivity contribution in [3.63, 3.8) is 0 Å². The van der Waals surface area contributed by atoms with E-state index < -0.39 is 5.60 Å². The van der Waals surface area contributed by atoms with Crippen LogP contribution in [0.4, 0.5) is 9.80 Å². The molecule has 0 fully saturated rings. The summed E-state index contributed by atoms with van der Waals surface area (Å²) in [6, 6.07) is 2.17. The summed E-state index contributed by atoms with van der Waals surface area (Å²) in [6.45, 7) is 13.0. The van der Waals surface area contributed by atoms with E-state index in [0.29, 0.717) is 32.0 Å². The number of carbonyl (C=O) groups is 2. The van der Waals surface area contributed by atoms with Gasteiger partial charge in [0.25, 0.3) is 0 Å². The lowest BCUT2D eigenvalue weighted by Gasteiger charge is -2.35. The maximum Gasteiger partial charge on any atom is 0.410 e. The Morgan fingerprint density at radius 2 is 2.08 bits per heavy atom. The van der Waals surface area contributed by atoms with E-state index in [-0.39, 0.29) is 18.0 Å². The lowest BCUT2D eigenvalue weighted by molar-refractivity contribution is -0.116. The van der Waals surface area contributed by atoms with Crippen molar-refractivity contribution in [1.29, 1.82) is 0 Å². The highest BCUT2D eigenvalue weighted by atomic mass is 32.1. The van der Waals surface area contributed by atoms with Crippen LogP contribution >= 0.6 is 22.7 Å². The molecule has 4 rings (SSSR count). The Bertz CT molecular complexity index is 1210. The quantitative estimate of drug-likeness (QED) is 0.390. The van der Waals surface area contributed by atoms with Gasteiger partial charge in [0.2, 0.25) is 5.91 Å². The van der Waals surface area contributed by atoms with Crippen LogP contribution in [0.15, 0.2) is 18.5 Å². The third kappa shape index (κ3) is 5.87. The number of aromatic nitrogens is 2. The molecule has 3 aromatic rings. The number of carbonyl (C=O) groups excluding carboxylic acids is 2. The summed E-state index contributed by atoms with van der Waals surface area (Å²) in [5.74, 6) is -0.0370. The average Bonchev–Trinajstić information content (AvgIpc) is 3.39. The molecule has 0 bridgehead atoms.